The highest BCUT2D eigenvalue weighted by Crippen LogP contribution is 2.31. The molecule has 0 aliphatic heterocycles. The van der Waals surface area contributed by atoms with Gasteiger partial charge in [0.1, 0.15) is 0 Å². The topological polar surface area (TPSA) is 26.0 Å². The van der Waals surface area contributed by atoms with Crippen molar-refractivity contribution in [2.45, 2.75) is 26.8 Å². The summed E-state index contributed by atoms with van der Waals surface area (Å²) in [7, 11) is 0. The molecule has 1 rings (SSSR count). The summed E-state index contributed by atoms with van der Waals surface area (Å²) >= 11 is 3.44. The number of rotatable bonds is 1. The van der Waals surface area contributed by atoms with Crippen LogP contribution in [0.15, 0.2) is 28.7 Å². The molecule has 0 saturated carbocycles. The Labute approximate surface area is 88.5 Å². The summed E-state index contributed by atoms with van der Waals surface area (Å²) in [6.45, 7) is 6.45. The van der Waals surface area contributed by atoms with E-state index in [0.717, 1.165) is 4.47 Å². The van der Waals surface area contributed by atoms with Crippen molar-refractivity contribution in [1.82, 2.24) is 0 Å². The first-order chi connectivity index (χ1) is 5.91. The first-order valence-corrected chi connectivity index (χ1v) is 5.21. The minimum absolute atomic E-state index is 0.0880. The van der Waals surface area contributed by atoms with Gasteiger partial charge in [0.15, 0.2) is 0 Å². The van der Waals surface area contributed by atoms with Gasteiger partial charge >= 0.3 is 0 Å². The van der Waals surface area contributed by atoms with E-state index in [-0.39, 0.29) is 11.5 Å². The molecule has 0 aromatic heterocycles. The van der Waals surface area contributed by atoms with Gasteiger partial charge in [0.05, 0.1) is 0 Å². The molecule has 0 fully saturated rings. The molecule has 0 spiro atoms. The zero-order chi connectivity index (χ0) is 10.1. The lowest BCUT2D eigenvalue weighted by molar-refractivity contribution is 0.327. The van der Waals surface area contributed by atoms with Gasteiger partial charge in [0.2, 0.25) is 0 Å². The van der Waals surface area contributed by atoms with Crippen molar-refractivity contribution in [1.29, 1.82) is 0 Å². The summed E-state index contributed by atoms with van der Waals surface area (Å²) in [5.74, 6) is 0. The molecule has 1 aromatic rings. The van der Waals surface area contributed by atoms with Crippen LogP contribution in [0.2, 0.25) is 0 Å². The molecule has 2 N–H and O–H groups in total. The van der Waals surface area contributed by atoms with E-state index in [4.69, 9.17) is 5.73 Å². The lowest BCUT2D eigenvalue weighted by Gasteiger charge is -2.27. The highest BCUT2D eigenvalue weighted by molar-refractivity contribution is 9.10. The Bertz CT molecular complexity index is 288. The SMILES string of the molecule is CC(C)(C)C(N)c1cccc(Br)c1. The zero-order valence-corrected chi connectivity index (χ0v) is 9.93. The minimum Gasteiger partial charge on any atom is -0.324 e. The number of hydrogen-bond acceptors (Lipinski definition) is 1. The monoisotopic (exact) mass is 241 g/mol. The van der Waals surface area contributed by atoms with Crippen molar-refractivity contribution in [2.75, 3.05) is 0 Å². The smallest absolute Gasteiger partial charge is 0.0344 e. The Morgan fingerprint density at radius 3 is 2.38 bits per heavy atom. The number of halogens is 1. The molecule has 13 heavy (non-hydrogen) atoms. The molecule has 1 nitrogen and oxygen atoms in total. The lowest BCUT2D eigenvalue weighted by Crippen LogP contribution is -2.26. The highest BCUT2D eigenvalue weighted by Gasteiger charge is 2.21. The van der Waals surface area contributed by atoms with Crippen LogP contribution in [0.3, 0.4) is 0 Å². The van der Waals surface area contributed by atoms with Crippen molar-refractivity contribution in [3.8, 4) is 0 Å². The van der Waals surface area contributed by atoms with Gasteiger partial charge < -0.3 is 5.73 Å². The maximum Gasteiger partial charge on any atom is 0.0344 e. The van der Waals surface area contributed by atoms with Crippen LogP contribution < -0.4 is 5.73 Å². The van der Waals surface area contributed by atoms with Gasteiger partial charge in [-0.05, 0) is 23.1 Å². The van der Waals surface area contributed by atoms with Gasteiger partial charge in [-0.15, -0.1) is 0 Å². The van der Waals surface area contributed by atoms with Crippen LogP contribution in [0.5, 0.6) is 0 Å². The summed E-state index contributed by atoms with van der Waals surface area (Å²) in [5.41, 5.74) is 7.41. The minimum atomic E-state index is 0.0880. The third-order valence-electron chi connectivity index (χ3n) is 2.14. The number of benzene rings is 1. The van der Waals surface area contributed by atoms with Gasteiger partial charge in [-0.3, -0.25) is 0 Å². The zero-order valence-electron chi connectivity index (χ0n) is 8.34. The van der Waals surface area contributed by atoms with Crippen LogP contribution in [0, 0.1) is 5.41 Å². The predicted molar refractivity (Wildman–Crippen MR) is 60.5 cm³/mol. The Morgan fingerprint density at radius 2 is 1.92 bits per heavy atom. The fourth-order valence-electron chi connectivity index (χ4n) is 1.20. The Balaban J connectivity index is 2.96. The van der Waals surface area contributed by atoms with E-state index in [1.807, 2.05) is 12.1 Å². The standard InChI is InChI=1S/C11H16BrN/c1-11(2,3)10(13)8-5-4-6-9(12)7-8/h4-7,10H,13H2,1-3H3. The quantitative estimate of drug-likeness (QED) is 0.801. The fraction of sp³-hybridized carbons (Fsp3) is 0.455. The summed E-state index contributed by atoms with van der Waals surface area (Å²) in [6.07, 6.45) is 0. The molecule has 1 unspecified atom stereocenters. The lowest BCUT2D eigenvalue weighted by atomic mass is 9.83. The molecule has 0 saturated heterocycles. The van der Waals surface area contributed by atoms with E-state index in [1.54, 1.807) is 0 Å². The van der Waals surface area contributed by atoms with Crippen molar-refractivity contribution < 1.29 is 0 Å². The molecule has 0 aliphatic rings. The van der Waals surface area contributed by atoms with E-state index in [0.29, 0.717) is 0 Å². The molecular formula is C11H16BrN. The largest absolute Gasteiger partial charge is 0.324 e. The molecule has 0 heterocycles. The van der Waals surface area contributed by atoms with E-state index in [1.165, 1.54) is 5.56 Å². The molecule has 1 atom stereocenters. The maximum absolute atomic E-state index is 6.12. The predicted octanol–water partition coefficient (Wildman–Crippen LogP) is 3.50. The van der Waals surface area contributed by atoms with Gasteiger partial charge in [0.25, 0.3) is 0 Å². The Kier molecular flexibility index (Phi) is 3.14. The Hall–Kier alpha value is -0.340. The van der Waals surface area contributed by atoms with Gasteiger partial charge in [-0.25, -0.2) is 0 Å². The molecule has 0 radical (unpaired) electrons. The highest BCUT2D eigenvalue weighted by atomic mass is 79.9. The van der Waals surface area contributed by atoms with Gasteiger partial charge in [0, 0.05) is 10.5 Å². The molecule has 1 aromatic carbocycles. The van der Waals surface area contributed by atoms with E-state index < -0.39 is 0 Å². The van der Waals surface area contributed by atoms with Crippen molar-refractivity contribution in [3.05, 3.63) is 34.3 Å². The second kappa shape index (κ2) is 3.81. The maximum atomic E-state index is 6.12. The van der Waals surface area contributed by atoms with Crippen molar-refractivity contribution in [3.63, 3.8) is 0 Å². The number of nitrogens with two attached hydrogens (primary N) is 1. The summed E-state index contributed by atoms with van der Waals surface area (Å²) in [5, 5.41) is 0. The van der Waals surface area contributed by atoms with Crippen LogP contribution in [0.4, 0.5) is 0 Å². The van der Waals surface area contributed by atoms with Crippen LogP contribution in [0.25, 0.3) is 0 Å². The number of hydrogen-bond donors (Lipinski definition) is 1. The van der Waals surface area contributed by atoms with Crippen LogP contribution in [-0.4, -0.2) is 0 Å². The molecule has 0 aliphatic carbocycles. The second-order valence-corrected chi connectivity index (χ2v) is 5.31. The fourth-order valence-corrected chi connectivity index (χ4v) is 1.62. The Morgan fingerprint density at radius 1 is 1.31 bits per heavy atom. The van der Waals surface area contributed by atoms with Crippen LogP contribution in [-0.2, 0) is 0 Å². The summed E-state index contributed by atoms with van der Waals surface area (Å²) < 4.78 is 1.09. The molecular weight excluding hydrogens is 226 g/mol. The first-order valence-electron chi connectivity index (χ1n) is 4.42. The third-order valence-corrected chi connectivity index (χ3v) is 2.63. The average molecular weight is 242 g/mol. The van der Waals surface area contributed by atoms with Crippen LogP contribution in [0.1, 0.15) is 32.4 Å². The molecule has 0 amide bonds. The molecule has 72 valence electrons. The van der Waals surface area contributed by atoms with E-state index >= 15 is 0 Å². The van der Waals surface area contributed by atoms with Crippen molar-refractivity contribution >= 4 is 15.9 Å². The van der Waals surface area contributed by atoms with E-state index in [2.05, 4.69) is 48.8 Å². The molecule has 2 heteroatoms. The first kappa shape index (κ1) is 10.7. The van der Waals surface area contributed by atoms with Gasteiger partial charge in [-0.1, -0.05) is 48.8 Å². The average Bonchev–Trinajstić information content (AvgIpc) is 2.01. The van der Waals surface area contributed by atoms with E-state index in [9.17, 15) is 0 Å². The normalized spacial score (nSPS) is 14.2. The summed E-state index contributed by atoms with van der Waals surface area (Å²) in [6, 6.07) is 8.27. The second-order valence-electron chi connectivity index (χ2n) is 4.40. The third kappa shape index (κ3) is 2.82. The van der Waals surface area contributed by atoms with Crippen LogP contribution >= 0.6 is 15.9 Å². The van der Waals surface area contributed by atoms with Crippen molar-refractivity contribution in [2.24, 2.45) is 11.1 Å². The summed E-state index contributed by atoms with van der Waals surface area (Å²) in [4.78, 5) is 0. The van der Waals surface area contributed by atoms with Gasteiger partial charge in [-0.2, -0.15) is 0 Å². The molecule has 0 bridgehead atoms.